The second-order valence-electron chi connectivity index (χ2n) is 2.70. The van der Waals surface area contributed by atoms with Crippen LogP contribution in [0.2, 0.25) is 0 Å². The first-order valence-corrected chi connectivity index (χ1v) is 4.18. The van der Waals surface area contributed by atoms with Gasteiger partial charge in [0.1, 0.15) is 0 Å². The van der Waals surface area contributed by atoms with Crippen LogP contribution in [0.3, 0.4) is 0 Å². The van der Waals surface area contributed by atoms with E-state index in [4.69, 9.17) is 9.68 Å². The van der Waals surface area contributed by atoms with Crippen LogP contribution in [0.4, 0.5) is 5.95 Å². The number of hydrogen-bond donors (Lipinski definition) is 1. The standard InChI is InChI=1S/C9H11N3O2/c1-13-12(14-2)9-10-7-5-3-4-6-8(7)11-9/h3-6H,1-2H3,(H,10,11). The van der Waals surface area contributed by atoms with E-state index >= 15 is 0 Å². The molecule has 5 heteroatoms. The summed E-state index contributed by atoms with van der Waals surface area (Å²) >= 11 is 0. The second kappa shape index (κ2) is 3.65. The number of imidazole rings is 1. The number of nitrogens with one attached hydrogen (secondary N) is 1. The topological polar surface area (TPSA) is 50.4 Å². The summed E-state index contributed by atoms with van der Waals surface area (Å²) in [5.41, 5.74) is 1.82. The van der Waals surface area contributed by atoms with Gasteiger partial charge in [0.05, 0.1) is 25.3 Å². The SMILES string of the molecule is CON(OC)c1nc2ccccc2[nH]1. The average Bonchev–Trinajstić information content (AvgIpc) is 2.63. The summed E-state index contributed by atoms with van der Waals surface area (Å²) in [7, 11) is 3.02. The van der Waals surface area contributed by atoms with Crippen molar-refractivity contribution in [2.45, 2.75) is 0 Å². The Hall–Kier alpha value is -1.59. The zero-order valence-electron chi connectivity index (χ0n) is 8.02. The summed E-state index contributed by atoms with van der Waals surface area (Å²) in [6.45, 7) is 0. The van der Waals surface area contributed by atoms with Crippen LogP contribution < -0.4 is 5.23 Å². The molecule has 0 aliphatic rings. The lowest BCUT2D eigenvalue weighted by atomic mass is 10.3. The zero-order chi connectivity index (χ0) is 9.97. The van der Waals surface area contributed by atoms with E-state index < -0.39 is 0 Å². The third-order valence-corrected chi connectivity index (χ3v) is 1.88. The van der Waals surface area contributed by atoms with Crippen molar-refractivity contribution in [2.75, 3.05) is 19.4 Å². The molecule has 1 aromatic heterocycles. The van der Waals surface area contributed by atoms with E-state index in [-0.39, 0.29) is 0 Å². The van der Waals surface area contributed by atoms with Crippen molar-refractivity contribution in [3.8, 4) is 0 Å². The summed E-state index contributed by atoms with van der Waals surface area (Å²) in [6, 6.07) is 7.72. The zero-order valence-corrected chi connectivity index (χ0v) is 8.02. The van der Waals surface area contributed by atoms with E-state index in [1.165, 1.54) is 19.4 Å². The Morgan fingerprint density at radius 3 is 2.57 bits per heavy atom. The molecule has 2 rings (SSSR count). The number of benzene rings is 1. The maximum Gasteiger partial charge on any atom is 0.256 e. The van der Waals surface area contributed by atoms with E-state index in [0.717, 1.165) is 11.0 Å². The monoisotopic (exact) mass is 193 g/mol. The van der Waals surface area contributed by atoms with Crippen molar-refractivity contribution >= 4 is 17.0 Å². The van der Waals surface area contributed by atoms with Gasteiger partial charge in [-0.3, -0.25) is 0 Å². The Morgan fingerprint density at radius 1 is 1.21 bits per heavy atom. The third-order valence-electron chi connectivity index (χ3n) is 1.88. The predicted molar refractivity (Wildman–Crippen MR) is 52.6 cm³/mol. The van der Waals surface area contributed by atoms with Gasteiger partial charge in [-0.05, 0) is 12.1 Å². The Morgan fingerprint density at radius 2 is 1.93 bits per heavy atom. The molecular weight excluding hydrogens is 182 g/mol. The number of H-pyrrole nitrogens is 1. The molecule has 5 nitrogen and oxygen atoms in total. The van der Waals surface area contributed by atoms with Gasteiger partial charge in [0.15, 0.2) is 0 Å². The van der Waals surface area contributed by atoms with E-state index in [0.29, 0.717) is 5.95 Å². The fraction of sp³-hybridized carbons (Fsp3) is 0.222. The number of aromatic amines is 1. The fourth-order valence-corrected chi connectivity index (χ4v) is 1.27. The molecule has 1 heterocycles. The van der Waals surface area contributed by atoms with Crippen molar-refractivity contribution in [1.29, 1.82) is 0 Å². The maximum atomic E-state index is 4.93. The number of fused-ring (bicyclic) bond motifs is 1. The molecule has 1 N–H and O–H groups in total. The van der Waals surface area contributed by atoms with E-state index in [1.54, 1.807) is 0 Å². The van der Waals surface area contributed by atoms with Gasteiger partial charge in [0.2, 0.25) is 0 Å². The van der Waals surface area contributed by atoms with Crippen LogP contribution >= 0.6 is 0 Å². The highest BCUT2D eigenvalue weighted by Gasteiger charge is 2.09. The van der Waals surface area contributed by atoms with Gasteiger partial charge in [0.25, 0.3) is 5.95 Å². The summed E-state index contributed by atoms with van der Waals surface area (Å²) < 4.78 is 0. The van der Waals surface area contributed by atoms with Crippen molar-refractivity contribution in [3.05, 3.63) is 24.3 Å². The minimum absolute atomic E-state index is 0.524. The predicted octanol–water partition coefficient (Wildman–Crippen LogP) is 1.49. The lowest BCUT2D eigenvalue weighted by Gasteiger charge is -2.13. The molecule has 2 aromatic rings. The van der Waals surface area contributed by atoms with Crippen LogP contribution in [0.5, 0.6) is 0 Å². The molecule has 0 bridgehead atoms. The largest absolute Gasteiger partial charge is 0.320 e. The molecule has 74 valence electrons. The van der Waals surface area contributed by atoms with Crippen LogP contribution in [0.1, 0.15) is 0 Å². The van der Waals surface area contributed by atoms with Crippen LogP contribution in [-0.2, 0) is 9.68 Å². The maximum absolute atomic E-state index is 4.93. The number of anilines is 1. The van der Waals surface area contributed by atoms with E-state index in [9.17, 15) is 0 Å². The normalized spacial score (nSPS) is 10.7. The summed E-state index contributed by atoms with van der Waals surface area (Å²) in [5.74, 6) is 0.524. The highest BCUT2D eigenvalue weighted by atomic mass is 16.9. The number of rotatable bonds is 3. The molecule has 0 aliphatic carbocycles. The molecule has 0 unspecified atom stereocenters. The Kier molecular flexibility index (Phi) is 2.34. The number of aromatic nitrogens is 2. The van der Waals surface area contributed by atoms with Crippen LogP contribution in [0, 0.1) is 0 Å². The highest BCUT2D eigenvalue weighted by molar-refractivity contribution is 5.77. The fourth-order valence-electron chi connectivity index (χ4n) is 1.27. The molecule has 0 fully saturated rings. The Balaban J connectivity index is 2.43. The number of para-hydroxylation sites is 2. The molecule has 1 aromatic carbocycles. The molecule has 0 saturated heterocycles. The van der Waals surface area contributed by atoms with Gasteiger partial charge < -0.3 is 4.98 Å². The van der Waals surface area contributed by atoms with Gasteiger partial charge >= 0.3 is 0 Å². The molecule has 14 heavy (non-hydrogen) atoms. The average molecular weight is 193 g/mol. The second-order valence-corrected chi connectivity index (χ2v) is 2.70. The van der Waals surface area contributed by atoms with Crippen molar-refractivity contribution in [2.24, 2.45) is 0 Å². The minimum atomic E-state index is 0.524. The van der Waals surface area contributed by atoms with Gasteiger partial charge in [-0.15, -0.1) is 0 Å². The quantitative estimate of drug-likeness (QED) is 0.750. The molecule has 0 atom stereocenters. The lowest BCUT2D eigenvalue weighted by molar-refractivity contribution is -0.0466. The summed E-state index contributed by atoms with van der Waals surface area (Å²) in [5, 5.41) is 1.21. The molecular formula is C9H11N3O2. The smallest absolute Gasteiger partial charge is 0.256 e. The van der Waals surface area contributed by atoms with Gasteiger partial charge in [-0.1, -0.05) is 17.4 Å². The number of hydrogen-bond acceptors (Lipinski definition) is 4. The molecule has 0 radical (unpaired) electrons. The third kappa shape index (κ3) is 1.43. The first kappa shape index (κ1) is 8.98. The molecule has 0 amide bonds. The van der Waals surface area contributed by atoms with Gasteiger partial charge in [0, 0.05) is 0 Å². The van der Waals surface area contributed by atoms with Gasteiger partial charge in [-0.25, -0.2) is 14.7 Å². The number of nitrogens with zero attached hydrogens (tertiary/aromatic N) is 2. The highest BCUT2D eigenvalue weighted by Crippen LogP contribution is 2.16. The summed E-state index contributed by atoms with van der Waals surface area (Å²) in [4.78, 5) is 17.2. The van der Waals surface area contributed by atoms with E-state index in [2.05, 4.69) is 9.97 Å². The molecule has 0 aliphatic heterocycles. The van der Waals surface area contributed by atoms with Gasteiger partial charge in [-0.2, -0.15) is 0 Å². The first-order chi connectivity index (χ1) is 6.85. The Labute approximate surface area is 81.2 Å². The van der Waals surface area contributed by atoms with E-state index in [1.807, 2.05) is 24.3 Å². The van der Waals surface area contributed by atoms with Crippen LogP contribution in [0.25, 0.3) is 11.0 Å². The molecule has 0 saturated carbocycles. The molecule has 0 spiro atoms. The Bertz CT molecular complexity index is 390. The van der Waals surface area contributed by atoms with Crippen LogP contribution in [0.15, 0.2) is 24.3 Å². The van der Waals surface area contributed by atoms with Crippen molar-refractivity contribution in [1.82, 2.24) is 9.97 Å². The van der Waals surface area contributed by atoms with Crippen molar-refractivity contribution in [3.63, 3.8) is 0 Å². The van der Waals surface area contributed by atoms with Crippen LogP contribution in [-0.4, -0.2) is 24.2 Å². The minimum Gasteiger partial charge on any atom is -0.320 e. The first-order valence-electron chi connectivity index (χ1n) is 4.18. The lowest BCUT2D eigenvalue weighted by Crippen LogP contribution is -2.20. The summed E-state index contributed by atoms with van der Waals surface area (Å²) in [6.07, 6.45) is 0. The van der Waals surface area contributed by atoms with Crippen molar-refractivity contribution < 1.29 is 9.68 Å².